The molecule has 2 rings (SSSR count). The van der Waals surface area contributed by atoms with Crippen molar-refractivity contribution in [2.75, 3.05) is 17.6 Å². The number of thioether (sulfide) groups is 1. The zero-order chi connectivity index (χ0) is 18.3. The Kier molecular flexibility index (Phi) is 7.13. The standard InChI is InChI=1S/C18H19F3N2S2/c1-13-5-2-3-6-14(13)12-25-10-9-22-17(24)23-16-8-4-7-15(11-16)18(19,20)21/h2-8,11H,9-10,12H2,1H3,(H2,22,23,24). The molecule has 0 atom stereocenters. The minimum absolute atomic E-state index is 0.316. The molecule has 0 aromatic heterocycles. The van der Waals surface area contributed by atoms with Crippen LogP contribution in [0.5, 0.6) is 0 Å². The van der Waals surface area contributed by atoms with Crippen LogP contribution in [0.2, 0.25) is 0 Å². The third-order valence-electron chi connectivity index (χ3n) is 3.50. The normalized spacial score (nSPS) is 11.2. The van der Waals surface area contributed by atoms with Crippen molar-refractivity contribution in [3.8, 4) is 0 Å². The van der Waals surface area contributed by atoms with E-state index in [1.807, 2.05) is 12.1 Å². The van der Waals surface area contributed by atoms with Crippen molar-refractivity contribution in [3.05, 3.63) is 65.2 Å². The number of anilines is 1. The Morgan fingerprint density at radius 3 is 2.60 bits per heavy atom. The van der Waals surface area contributed by atoms with E-state index in [-0.39, 0.29) is 0 Å². The van der Waals surface area contributed by atoms with Crippen LogP contribution in [0, 0.1) is 6.92 Å². The molecule has 2 N–H and O–H groups in total. The number of alkyl halides is 3. The van der Waals surface area contributed by atoms with Crippen LogP contribution < -0.4 is 10.6 Å². The fraction of sp³-hybridized carbons (Fsp3) is 0.278. The number of aryl methyl sites for hydroxylation is 1. The van der Waals surface area contributed by atoms with Gasteiger partial charge >= 0.3 is 6.18 Å². The lowest BCUT2D eigenvalue weighted by Crippen LogP contribution is -2.30. The van der Waals surface area contributed by atoms with E-state index in [1.54, 1.807) is 17.8 Å². The summed E-state index contributed by atoms with van der Waals surface area (Å²) in [7, 11) is 0. The van der Waals surface area contributed by atoms with Gasteiger partial charge in [-0.3, -0.25) is 0 Å². The highest BCUT2D eigenvalue weighted by atomic mass is 32.2. The van der Waals surface area contributed by atoms with Crippen LogP contribution in [0.15, 0.2) is 48.5 Å². The molecule has 0 amide bonds. The lowest BCUT2D eigenvalue weighted by Gasteiger charge is -2.12. The molecule has 0 bridgehead atoms. The summed E-state index contributed by atoms with van der Waals surface area (Å²) in [5.41, 5.74) is 2.19. The Balaban J connectivity index is 1.72. The van der Waals surface area contributed by atoms with Gasteiger partial charge in [0.2, 0.25) is 0 Å². The smallest absolute Gasteiger partial charge is 0.362 e. The van der Waals surface area contributed by atoms with Crippen molar-refractivity contribution in [1.29, 1.82) is 0 Å². The second-order valence-corrected chi connectivity index (χ2v) is 6.95. The predicted octanol–water partition coefficient (Wildman–Crippen LogP) is 5.23. The van der Waals surface area contributed by atoms with Crippen LogP contribution >= 0.6 is 24.0 Å². The van der Waals surface area contributed by atoms with Crippen LogP contribution in [0.1, 0.15) is 16.7 Å². The number of rotatable bonds is 6. The van der Waals surface area contributed by atoms with Crippen molar-refractivity contribution in [3.63, 3.8) is 0 Å². The third kappa shape index (κ3) is 6.59. The number of hydrogen-bond acceptors (Lipinski definition) is 2. The fourth-order valence-corrected chi connectivity index (χ4v) is 3.29. The van der Waals surface area contributed by atoms with E-state index >= 15 is 0 Å². The molecule has 2 aromatic rings. The largest absolute Gasteiger partial charge is 0.416 e. The molecule has 2 nitrogen and oxygen atoms in total. The highest BCUT2D eigenvalue weighted by Crippen LogP contribution is 2.30. The molecule has 0 aliphatic rings. The van der Waals surface area contributed by atoms with Gasteiger partial charge in [0.1, 0.15) is 0 Å². The number of benzene rings is 2. The topological polar surface area (TPSA) is 24.1 Å². The van der Waals surface area contributed by atoms with Crippen LogP contribution in [-0.4, -0.2) is 17.4 Å². The van der Waals surface area contributed by atoms with Gasteiger partial charge in [-0.1, -0.05) is 30.3 Å². The van der Waals surface area contributed by atoms with Gasteiger partial charge in [-0.05, 0) is 48.5 Å². The van der Waals surface area contributed by atoms with Gasteiger partial charge in [-0.15, -0.1) is 0 Å². The summed E-state index contributed by atoms with van der Waals surface area (Å²) in [6.07, 6.45) is -4.36. The Morgan fingerprint density at radius 1 is 1.12 bits per heavy atom. The first-order chi connectivity index (χ1) is 11.9. The van der Waals surface area contributed by atoms with Gasteiger partial charge in [0.15, 0.2) is 5.11 Å². The highest BCUT2D eigenvalue weighted by Gasteiger charge is 2.30. The maximum Gasteiger partial charge on any atom is 0.416 e. The lowest BCUT2D eigenvalue weighted by molar-refractivity contribution is -0.137. The van der Waals surface area contributed by atoms with Crippen LogP contribution in [0.3, 0.4) is 0 Å². The van der Waals surface area contributed by atoms with Gasteiger partial charge < -0.3 is 10.6 Å². The summed E-state index contributed by atoms with van der Waals surface area (Å²) >= 11 is 6.90. The molecule has 0 spiro atoms. The molecular formula is C18H19F3N2S2. The SMILES string of the molecule is Cc1ccccc1CSCCNC(=S)Nc1cccc(C(F)(F)F)c1. The van der Waals surface area contributed by atoms with Crippen molar-refractivity contribution >= 4 is 34.8 Å². The Labute approximate surface area is 155 Å². The highest BCUT2D eigenvalue weighted by molar-refractivity contribution is 7.98. The van der Waals surface area contributed by atoms with Crippen molar-refractivity contribution in [1.82, 2.24) is 5.32 Å². The van der Waals surface area contributed by atoms with Gasteiger partial charge in [0, 0.05) is 23.7 Å². The average molecular weight is 384 g/mol. The number of thiocarbonyl (C=S) groups is 1. The van der Waals surface area contributed by atoms with Crippen LogP contribution in [0.4, 0.5) is 18.9 Å². The molecule has 0 aliphatic heterocycles. The van der Waals surface area contributed by atoms with E-state index < -0.39 is 11.7 Å². The zero-order valence-electron chi connectivity index (χ0n) is 13.7. The molecule has 0 saturated heterocycles. The van der Waals surface area contributed by atoms with E-state index in [0.29, 0.717) is 17.3 Å². The predicted molar refractivity (Wildman–Crippen MR) is 103 cm³/mol. The number of nitrogens with one attached hydrogen (secondary N) is 2. The molecule has 0 fully saturated rings. The summed E-state index contributed by atoms with van der Waals surface area (Å²) in [6, 6.07) is 13.2. The van der Waals surface area contributed by atoms with Gasteiger partial charge in [0.05, 0.1) is 5.56 Å². The molecular weight excluding hydrogens is 365 g/mol. The molecule has 134 valence electrons. The summed E-state index contributed by atoms with van der Waals surface area (Å²) in [5, 5.41) is 6.11. The van der Waals surface area contributed by atoms with Crippen molar-refractivity contribution in [2.24, 2.45) is 0 Å². The molecule has 25 heavy (non-hydrogen) atoms. The van der Waals surface area contributed by atoms with Gasteiger partial charge in [0.25, 0.3) is 0 Å². The maximum atomic E-state index is 12.7. The zero-order valence-corrected chi connectivity index (χ0v) is 15.3. The van der Waals surface area contributed by atoms with E-state index in [2.05, 4.69) is 29.7 Å². The molecule has 7 heteroatoms. The first kappa shape index (κ1) is 19.6. The van der Waals surface area contributed by atoms with E-state index in [0.717, 1.165) is 23.6 Å². The number of halogens is 3. The summed E-state index contributed by atoms with van der Waals surface area (Å²) in [4.78, 5) is 0. The number of hydrogen-bond donors (Lipinski definition) is 2. The molecule has 0 unspecified atom stereocenters. The Hall–Kier alpha value is -1.73. The quantitative estimate of drug-likeness (QED) is 0.526. The van der Waals surface area contributed by atoms with Gasteiger partial charge in [-0.25, -0.2) is 0 Å². The fourth-order valence-electron chi connectivity index (χ4n) is 2.14. The van der Waals surface area contributed by atoms with Crippen molar-refractivity contribution < 1.29 is 13.2 Å². The first-order valence-electron chi connectivity index (χ1n) is 7.70. The maximum absolute atomic E-state index is 12.7. The molecule has 0 heterocycles. The third-order valence-corrected chi connectivity index (χ3v) is 4.75. The van der Waals surface area contributed by atoms with Crippen LogP contribution in [0.25, 0.3) is 0 Å². The second-order valence-electron chi connectivity index (χ2n) is 5.44. The van der Waals surface area contributed by atoms with E-state index in [4.69, 9.17) is 12.2 Å². The Bertz CT molecular complexity index is 717. The minimum atomic E-state index is -4.36. The summed E-state index contributed by atoms with van der Waals surface area (Å²) in [5.74, 6) is 1.76. The lowest BCUT2D eigenvalue weighted by atomic mass is 10.1. The van der Waals surface area contributed by atoms with E-state index in [1.165, 1.54) is 17.2 Å². The van der Waals surface area contributed by atoms with E-state index in [9.17, 15) is 13.2 Å². The monoisotopic (exact) mass is 384 g/mol. The van der Waals surface area contributed by atoms with Crippen LogP contribution in [-0.2, 0) is 11.9 Å². The molecule has 0 radical (unpaired) electrons. The Morgan fingerprint density at radius 2 is 1.88 bits per heavy atom. The van der Waals surface area contributed by atoms with Crippen molar-refractivity contribution in [2.45, 2.75) is 18.9 Å². The second kappa shape index (κ2) is 9.10. The summed E-state index contributed by atoms with van der Waals surface area (Å²) in [6.45, 7) is 2.73. The van der Waals surface area contributed by atoms with Gasteiger partial charge in [-0.2, -0.15) is 24.9 Å². The first-order valence-corrected chi connectivity index (χ1v) is 9.27. The minimum Gasteiger partial charge on any atom is -0.362 e. The molecule has 0 aliphatic carbocycles. The summed E-state index contributed by atoms with van der Waals surface area (Å²) < 4.78 is 38.0. The molecule has 0 saturated carbocycles. The average Bonchev–Trinajstić information content (AvgIpc) is 2.55. The molecule has 2 aromatic carbocycles.